The van der Waals surface area contributed by atoms with E-state index in [1.165, 1.54) is 29.6 Å². The molecule has 1 aromatic carbocycles. The van der Waals surface area contributed by atoms with Crippen LogP contribution in [0.4, 0.5) is 0 Å². The summed E-state index contributed by atoms with van der Waals surface area (Å²) in [4.78, 5) is 10.4. The fraction of sp³-hybridized carbons (Fsp3) is 0.409. The molecule has 2 aliphatic heterocycles. The SMILES string of the molecule is Cc1cccc(CO[C@@H]2CSC3(C2)CN(Cc2cccc4[nH]ccc24)C3)n1. The van der Waals surface area contributed by atoms with Crippen molar-refractivity contribution in [1.82, 2.24) is 14.9 Å². The molecule has 0 amide bonds. The van der Waals surface area contributed by atoms with Gasteiger partial charge in [0.15, 0.2) is 0 Å². The number of aryl methyl sites for hydroxylation is 1. The summed E-state index contributed by atoms with van der Waals surface area (Å²) in [5.74, 6) is 1.10. The molecule has 0 saturated carbocycles. The molecule has 3 aromatic rings. The highest BCUT2D eigenvalue weighted by Crippen LogP contribution is 2.46. The number of nitrogens with one attached hydrogen (secondary N) is 1. The van der Waals surface area contributed by atoms with E-state index < -0.39 is 0 Å². The van der Waals surface area contributed by atoms with E-state index >= 15 is 0 Å². The summed E-state index contributed by atoms with van der Waals surface area (Å²) < 4.78 is 6.57. The van der Waals surface area contributed by atoms with Gasteiger partial charge in [0.25, 0.3) is 0 Å². The van der Waals surface area contributed by atoms with Crippen molar-refractivity contribution in [2.75, 3.05) is 18.8 Å². The van der Waals surface area contributed by atoms with Crippen molar-refractivity contribution in [3.05, 3.63) is 65.6 Å². The Labute approximate surface area is 164 Å². The quantitative estimate of drug-likeness (QED) is 0.723. The van der Waals surface area contributed by atoms with Gasteiger partial charge in [0.05, 0.1) is 18.4 Å². The van der Waals surface area contributed by atoms with Gasteiger partial charge < -0.3 is 9.72 Å². The van der Waals surface area contributed by atoms with E-state index in [1.54, 1.807) is 0 Å². The third kappa shape index (κ3) is 3.51. The second kappa shape index (κ2) is 6.97. The smallest absolute Gasteiger partial charge is 0.0892 e. The van der Waals surface area contributed by atoms with Crippen LogP contribution in [0, 0.1) is 6.92 Å². The van der Waals surface area contributed by atoms with Gasteiger partial charge in [-0.1, -0.05) is 18.2 Å². The van der Waals surface area contributed by atoms with Crippen LogP contribution in [0.15, 0.2) is 48.7 Å². The number of hydrogen-bond acceptors (Lipinski definition) is 4. The Hall–Kier alpha value is -1.82. The first kappa shape index (κ1) is 17.3. The van der Waals surface area contributed by atoms with Crippen LogP contribution in [0.25, 0.3) is 10.9 Å². The number of pyridine rings is 1. The third-order valence-corrected chi connectivity index (χ3v) is 7.27. The first-order valence-electron chi connectivity index (χ1n) is 9.65. The van der Waals surface area contributed by atoms with Crippen LogP contribution in [0.2, 0.25) is 0 Å². The van der Waals surface area contributed by atoms with Gasteiger partial charge in [-0.15, -0.1) is 11.8 Å². The first-order valence-corrected chi connectivity index (χ1v) is 10.6. The summed E-state index contributed by atoms with van der Waals surface area (Å²) in [7, 11) is 0. The highest BCUT2D eigenvalue weighted by Gasteiger charge is 2.49. The van der Waals surface area contributed by atoms with Crippen molar-refractivity contribution in [3.63, 3.8) is 0 Å². The maximum absolute atomic E-state index is 6.17. The van der Waals surface area contributed by atoms with E-state index in [4.69, 9.17) is 4.74 Å². The van der Waals surface area contributed by atoms with Crippen molar-refractivity contribution >= 4 is 22.7 Å². The van der Waals surface area contributed by atoms with Gasteiger partial charge in [0.1, 0.15) is 0 Å². The molecule has 5 heteroatoms. The van der Waals surface area contributed by atoms with Gasteiger partial charge in [-0.05, 0) is 43.2 Å². The fourth-order valence-corrected chi connectivity index (χ4v) is 6.03. The molecule has 2 aliphatic rings. The molecule has 5 rings (SSSR count). The van der Waals surface area contributed by atoms with Gasteiger partial charge in [0, 0.05) is 52.9 Å². The summed E-state index contributed by atoms with van der Waals surface area (Å²) in [6.45, 7) is 6.03. The van der Waals surface area contributed by atoms with Crippen LogP contribution in [0.5, 0.6) is 0 Å². The lowest BCUT2D eigenvalue weighted by molar-refractivity contribution is 0.0251. The standard InChI is InChI=1S/C22H25N3OS/c1-16-4-2-6-18(24-16)12-26-19-10-22(27-13-19)14-25(15-22)11-17-5-3-7-21-20(17)8-9-23-21/h2-9,19,23H,10-15H2,1H3/t19-/m0/s1. The normalized spacial score (nSPS) is 21.7. The Balaban J connectivity index is 1.14. The number of benzene rings is 1. The van der Waals surface area contributed by atoms with Crippen molar-refractivity contribution in [2.24, 2.45) is 0 Å². The molecule has 4 nitrogen and oxygen atoms in total. The lowest BCUT2D eigenvalue weighted by Gasteiger charge is -2.47. The van der Waals surface area contributed by atoms with Crippen LogP contribution < -0.4 is 0 Å². The Morgan fingerprint density at radius 2 is 2.11 bits per heavy atom. The summed E-state index contributed by atoms with van der Waals surface area (Å²) in [6.07, 6.45) is 3.55. The number of aromatic amines is 1. The topological polar surface area (TPSA) is 41.1 Å². The molecule has 0 radical (unpaired) electrons. The number of thioether (sulfide) groups is 1. The highest BCUT2D eigenvalue weighted by atomic mass is 32.2. The van der Waals surface area contributed by atoms with Crippen LogP contribution in [0.1, 0.15) is 23.4 Å². The maximum Gasteiger partial charge on any atom is 0.0892 e. The van der Waals surface area contributed by atoms with Crippen molar-refractivity contribution < 1.29 is 4.74 Å². The molecular formula is C22H25N3OS. The number of likely N-dealkylation sites (tertiary alicyclic amines) is 1. The van der Waals surface area contributed by atoms with Gasteiger partial charge in [-0.25, -0.2) is 0 Å². The van der Waals surface area contributed by atoms with Gasteiger partial charge in [-0.3, -0.25) is 9.88 Å². The summed E-state index contributed by atoms with van der Waals surface area (Å²) >= 11 is 2.10. The van der Waals surface area contributed by atoms with E-state index in [-0.39, 0.29) is 0 Å². The molecule has 2 saturated heterocycles. The number of nitrogens with zero attached hydrogens (tertiary/aromatic N) is 2. The fourth-order valence-electron chi connectivity index (χ4n) is 4.42. The number of hydrogen-bond donors (Lipinski definition) is 1. The van der Waals surface area contributed by atoms with Gasteiger partial charge in [-0.2, -0.15) is 0 Å². The summed E-state index contributed by atoms with van der Waals surface area (Å²) in [5.41, 5.74) is 4.75. The molecule has 1 N–H and O–H groups in total. The van der Waals surface area contributed by atoms with Gasteiger partial charge >= 0.3 is 0 Å². The average molecular weight is 380 g/mol. The molecule has 1 atom stereocenters. The highest BCUT2D eigenvalue weighted by molar-refractivity contribution is 8.01. The van der Waals surface area contributed by atoms with Crippen molar-refractivity contribution in [1.29, 1.82) is 0 Å². The molecule has 2 fully saturated rings. The number of aromatic nitrogens is 2. The lowest BCUT2D eigenvalue weighted by Crippen LogP contribution is -2.58. The number of H-pyrrole nitrogens is 1. The molecule has 1 spiro atoms. The molecule has 27 heavy (non-hydrogen) atoms. The zero-order valence-electron chi connectivity index (χ0n) is 15.6. The average Bonchev–Trinajstić information content (AvgIpc) is 3.27. The van der Waals surface area contributed by atoms with Crippen molar-refractivity contribution in [2.45, 2.75) is 37.3 Å². The second-order valence-electron chi connectivity index (χ2n) is 7.90. The predicted octanol–water partition coefficient (Wildman–Crippen LogP) is 4.15. The Kier molecular flexibility index (Phi) is 4.46. The van der Waals surface area contributed by atoms with E-state index in [2.05, 4.69) is 63.0 Å². The summed E-state index contributed by atoms with van der Waals surface area (Å²) in [5, 5.41) is 1.35. The molecule has 0 aliphatic carbocycles. The van der Waals surface area contributed by atoms with Crippen LogP contribution in [-0.4, -0.2) is 44.6 Å². The van der Waals surface area contributed by atoms with E-state index in [0.717, 1.165) is 30.1 Å². The largest absolute Gasteiger partial charge is 0.371 e. The monoisotopic (exact) mass is 379 g/mol. The minimum Gasteiger partial charge on any atom is -0.371 e. The Morgan fingerprint density at radius 3 is 3.00 bits per heavy atom. The first-order chi connectivity index (χ1) is 13.2. The molecule has 0 unspecified atom stereocenters. The van der Waals surface area contributed by atoms with Crippen LogP contribution >= 0.6 is 11.8 Å². The number of fused-ring (bicyclic) bond motifs is 1. The minimum atomic E-state index is 0.354. The summed E-state index contributed by atoms with van der Waals surface area (Å²) in [6, 6.07) is 14.9. The van der Waals surface area contributed by atoms with Crippen LogP contribution in [0.3, 0.4) is 0 Å². The van der Waals surface area contributed by atoms with E-state index in [0.29, 0.717) is 17.5 Å². The predicted molar refractivity (Wildman–Crippen MR) is 111 cm³/mol. The van der Waals surface area contributed by atoms with Gasteiger partial charge in [0.2, 0.25) is 0 Å². The number of rotatable bonds is 5. The minimum absolute atomic E-state index is 0.354. The molecular weight excluding hydrogens is 354 g/mol. The molecule has 4 heterocycles. The Bertz CT molecular complexity index is 947. The second-order valence-corrected chi connectivity index (χ2v) is 9.39. The molecule has 2 aromatic heterocycles. The Morgan fingerprint density at radius 1 is 1.22 bits per heavy atom. The molecule has 140 valence electrons. The molecule has 0 bridgehead atoms. The van der Waals surface area contributed by atoms with E-state index in [9.17, 15) is 0 Å². The third-order valence-electron chi connectivity index (χ3n) is 5.69. The van der Waals surface area contributed by atoms with E-state index in [1.807, 2.05) is 19.2 Å². The zero-order chi connectivity index (χ0) is 18.3. The lowest BCUT2D eigenvalue weighted by atomic mass is 9.92. The maximum atomic E-state index is 6.17. The van der Waals surface area contributed by atoms with Crippen LogP contribution in [-0.2, 0) is 17.9 Å². The van der Waals surface area contributed by atoms with Crippen molar-refractivity contribution in [3.8, 4) is 0 Å². The zero-order valence-corrected chi connectivity index (χ0v) is 16.5. The number of ether oxygens (including phenoxy) is 1.